The van der Waals surface area contributed by atoms with Gasteiger partial charge in [-0.05, 0) is 42.3 Å². The second-order valence-electron chi connectivity index (χ2n) is 6.33. The van der Waals surface area contributed by atoms with Gasteiger partial charge in [-0.25, -0.2) is 0 Å². The van der Waals surface area contributed by atoms with E-state index in [2.05, 4.69) is 10.3 Å². The molecule has 1 amide bonds. The molecule has 0 radical (unpaired) electrons. The second-order valence-corrected chi connectivity index (χ2v) is 6.77. The lowest BCUT2D eigenvalue weighted by Crippen LogP contribution is -2.30. The normalized spacial score (nSPS) is 11.8. The molecular formula is C22H21ClN2O. The highest BCUT2D eigenvalue weighted by Crippen LogP contribution is 2.22. The maximum atomic E-state index is 12.9. The van der Waals surface area contributed by atoms with E-state index in [1.165, 1.54) is 5.56 Å². The fourth-order valence-corrected chi connectivity index (χ4v) is 2.93. The molecule has 3 nitrogen and oxygen atoms in total. The highest BCUT2D eigenvalue weighted by Gasteiger charge is 2.21. The fraction of sp³-hybridized carbons (Fsp3) is 0.182. The summed E-state index contributed by atoms with van der Waals surface area (Å²) >= 11 is 6.00. The summed E-state index contributed by atoms with van der Waals surface area (Å²) in [6.45, 7) is 2.55. The van der Waals surface area contributed by atoms with Crippen molar-refractivity contribution in [3.8, 4) is 0 Å². The molecule has 0 aliphatic rings. The lowest BCUT2D eigenvalue weighted by Gasteiger charge is -2.17. The van der Waals surface area contributed by atoms with Crippen molar-refractivity contribution >= 4 is 17.5 Å². The molecule has 0 saturated heterocycles. The molecule has 132 valence electrons. The van der Waals surface area contributed by atoms with Crippen LogP contribution in [0.3, 0.4) is 0 Å². The zero-order valence-electron chi connectivity index (χ0n) is 14.7. The molecule has 3 aromatic rings. The zero-order chi connectivity index (χ0) is 18.4. The van der Waals surface area contributed by atoms with Crippen molar-refractivity contribution < 1.29 is 4.79 Å². The van der Waals surface area contributed by atoms with Gasteiger partial charge in [0.1, 0.15) is 0 Å². The summed E-state index contributed by atoms with van der Waals surface area (Å²) < 4.78 is 0. The summed E-state index contributed by atoms with van der Waals surface area (Å²) in [5, 5.41) is 3.71. The van der Waals surface area contributed by atoms with Crippen LogP contribution in [0, 0.1) is 6.92 Å². The number of halogens is 1. The number of carbonyl (C=O) groups is 1. The number of carbonyl (C=O) groups excluding carboxylic acids is 1. The minimum absolute atomic E-state index is 0.0152. The van der Waals surface area contributed by atoms with Gasteiger partial charge >= 0.3 is 0 Å². The number of aromatic nitrogens is 1. The Labute approximate surface area is 159 Å². The van der Waals surface area contributed by atoms with E-state index in [9.17, 15) is 4.79 Å². The Kier molecular flexibility index (Phi) is 6.03. The van der Waals surface area contributed by atoms with Gasteiger partial charge in [0, 0.05) is 29.9 Å². The largest absolute Gasteiger partial charge is 0.351 e. The van der Waals surface area contributed by atoms with Gasteiger partial charge in [0.25, 0.3) is 0 Å². The molecule has 0 bridgehead atoms. The van der Waals surface area contributed by atoms with E-state index in [4.69, 9.17) is 11.6 Å². The van der Waals surface area contributed by atoms with Gasteiger partial charge in [-0.2, -0.15) is 0 Å². The molecule has 26 heavy (non-hydrogen) atoms. The molecule has 0 spiro atoms. The number of benzene rings is 2. The van der Waals surface area contributed by atoms with Crippen LogP contribution in [0.15, 0.2) is 72.9 Å². The standard InChI is InChI=1S/C22H21ClN2O/c1-16-5-7-17(8-6-16)15-25-22(26)21(14-20-4-2-3-13-24-20)18-9-11-19(23)12-10-18/h2-13,21H,14-15H2,1H3,(H,25,26). The van der Waals surface area contributed by atoms with Crippen LogP contribution in [0.1, 0.15) is 28.3 Å². The molecule has 1 N–H and O–H groups in total. The van der Waals surface area contributed by atoms with Gasteiger partial charge in [-0.1, -0.05) is 59.6 Å². The molecule has 0 aliphatic heterocycles. The van der Waals surface area contributed by atoms with E-state index >= 15 is 0 Å². The maximum Gasteiger partial charge on any atom is 0.228 e. The van der Waals surface area contributed by atoms with Gasteiger partial charge in [0.2, 0.25) is 5.91 Å². The summed E-state index contributed by atoms with van der Waals surface area (Å²) in [5.41, 5.74) is 4.10. The molecule has 1 aromatic heterocycles. The smallest absolute Gasteiger partial charge is 0.228 e. The van der Waals surface area contributed by atoms with Gasteiger partial charge < -0.3 is 5.32 Å². The number of nitrogens with one attached hydrogen (secondary N) is 1. The van der Waals surface area contributed by atoms with E-state index in [1.807, 2.05) is 73.7 Å². The Balaban J connectivity index is 1.76. The highest BCUT2D eigenvalue weighted by atomic mass is 35.5. The maximum absolute atomic E-state index is 12.9. The molecule has 0 aliphatic carbocycles. The van der Waals surface area contributed by atoms with Crippen molar-refractivity contribution in [3.05, 3.63) is 100 Å². The number of aryl methyl sites for hydroxylation is 1. The predicted octanol–water partition coefficient (Wildman–Crippen LogP) is 4.69. The minimum Gasteiger partial charge on any atom is -0.351 e. The Morgan fingerprint density at radius 1 is 1.04 bits per heavy atom. The second kappa shape index (κ2) is 8.63. The molecule has 3 rings (SSSR count). The average molecular weight is 365 g/mol. The van der Waals surface area contributed by atoms with Gasteiger partial charge in [-0.15, -0.1) is 0 Å². The van der Waals surface area contributed by atoms with Crippen molar-refractivity contribution in [2.75, 3.05) is 0 Å². The average Bonchev–Trinajstić information content (AvgIpc) is 2.67. The number of pyridine rings is 1. The Morgan fingerprint density at radius 3 is 2.42 bits per heavy atom. The SMILES string of the molecule is Cc1ccc(CNC(=O)C(Cc2ccccn2)c2ccc(Cl)cc2)cc1. The lowest BCUT2D eigenvalue weighted by molar-refractivity contribution is -0.122. The van der Waals surface area contributed by atoms with E-state index in [-0.39, 0.29) is 11.8 Å². The first-order chi connectivity index (χ1) is 12.6. The number of amides is 1. The van der Waals surface area contributed by atoms with Crippen LogP contribution in [0.25, 0.3) is 0 Å². The molecular weight excluding hydrogens is 344 g/mol. The monoisotopic (exact) mass is 364 g/mol. The molecule has 1 unspecified atom stereocenters. The van der Waals surface area contributed by atoms with Crippen LogP contribution >= 0.6 is 11.6 Å². The Morgan fingerprint density at radius 2 is 1.77 bits per heavy atom. The molecule has 1 atom stereocenters. The first-order valence-electron chi connectivity index (χ1n) is 8.60. The Hall–Kier alpha value is -2.65. The van der Waals surface area contributed by atoms with Crippen LogP contribution in [-0.4, -0.2) is 10.9 Å². The quantitative estimate of drug-likeness (QED) is 0.689. The molecule has 1 heterocycles. The van der Waals surface area contributed by atoms with E-state index < -0.39 is 0 Å². The summed E-state index contributed by atoms with van der Waals surface area (Å²) in [5.74, 6) is -0.328. The van der Waals surface area contributed by atoms with Crippen molar-refractivity contribution in [1.29, 1.82) is 0 Å². The minimum atomic E-state index is -0.312. The fourth-order valence-electron chi connectivity index (χ4n) is 2.80. The van der Waals surface area contributed by atoms with E-state index in [0.717, 1.165) is 16.8 Å². The number of hydrogen-bond donors (Lipinski definition) is 1. The highest BCUT2D eigenvalue weighted by molar-refractivity contribution is 6.30. The zero-order valence-corrected chi connectivity index (χ0v) is 15.4. The first kappa shape index (κ1) is 18.2. The third kappa shape index (κ3) is 4.93. The number of hydrogen-bond acceptors (Lipinski definition) is 2. The van der Waals surface area contributed by atoms with Crippen molar-refractivity contribution in [1.82, 2.24) is 10.3 Å². The number of rotatable bonds is 6. The third-order valence-corrected chi connectivity index (χ3v) is 4.57. The van der Waals surface area contributed by atoms with E-state index in [0.29, 0.717) is 18.0 Å². The van der Waals surface area contributed by atoms with Crippen LogP contribution in [0.2, 0.25) is 5.02 Å². The topological polar surface area (TPSA) is 42.0 Å². The summed E-state index contributed by atoms with van der Waals surface area (Å²) in [7, 11) is 0. The van der Waals surface area contributed by atoms with Crippen LogP contribution in [-0.2, 0) is 17.8 Å². The summed E-state index contributed by atoms with van der Waals surface area (Å²) in [6, 6.07) is 21.4. The lowest BCUT2D eigenvalue weighted by atomic mass is 9.93. The van der Waals surface area contributed by atoms with Crippen molar-refractivity contribution in [2.24, 2.45) is 0 Å². The molecule has 0 saturated carbocycles. The van der Waals surface area contributed by atoms with Crippen molar-refractivity contribution in [2.45, 2.75) is 25.8 Å². The third-order valence-electron chi connectivity index (χ3n) is 4.32. The van der Waals surface area contributed by atoms with Gasteiger partial charge in [-0.3, -0.25) is 9.78 Å². The Bertz CT molecular complexity index is 846. The van der Waals surface area contributed by atoms with Crippen LogP contribution < -0.4 is 5.32 Å². The van der Waals surface area contributed by atoms with Crippen LogP contribution in [0.5, 0.6) is 0 Å². The predicted molar refractivity (Wildman–Crippen MR) is 105 cm³/mol. The summed E-state index contributed by atoms with van der Waals surface area (Å²) in [6.07, 6.45) is 2.29. The van der Waals surface area contributed by atoms with Crippen LogP contribution in [0.4, 0.5) is 0 Å². The van der Waals surface area contributed by atoms with E-state index in [1.54, 1.807) is 6.20 Å². The number of nitrogens with zero attached hydrogens (tertiary/aromatic N) is 1. The first-order valence-corrected chi connectivity index (χ1v) is 8.98. The van der Waals surface area contributed by atoms with Crippen molar-refractivity contribution in [3.63, 3.8) is 0 Å². The van der Waals surface area contributed by atoms with Gasteiger partial charge in [0.05, 0.1) is 5.92 Å². The van der Waals surface area contributed by atoms with Gasteiger partial charge in [0.15, 0.2) is 0 Å². The molecule has 2 aromatic carbocycles. The molecule has 0 fully saturated rings. The summed E-state index contributed by atoms with van der Waals surface area (Å²) in [4.78, 5) is 17.3. The molecule has 4 heteroatoms.